The predicted octanol–water partition coefficient (Wildman–Crippen LogP) is 4.21. The molecule has 1 aliphatic rings. The van der Waals surface area contributed by atoms with E-state index in [0.29, 0.717) is 5.92 Å². The van der Waals surface area contributed by atoms with Gasteiger partial charge in [-0.2, -0.15) is 0 Å². The van der Waals surface area contributed by atoms with Crippen LogP contribution >= 0.6 is 0 Å². The summed E-state index contributed by atoms with van der Waals surface area (Å²) in [6.45, 7) is 2.27. The quantitative estimate of drug-likeness (QED) is 0.843. The largest absolute Gasteiger partial charge is 0.497 e. The minimum atomic E-state index is -0.204. The molecule has 0 aliphatic heterocycles. The van der Waals surface area contributed by atoms with Crippen LogP contribution in [0, 0.1) is 11.8 Å². The fourth-order valence-electron chi connectivity index (χ4n) is 3.48. The van der Waals surface area contributed by atoms with Gasteiger partial charge in [-0.3, -0.25) is 0 Å². The lowest BCUT2D eigenvalue weighted by atomic mass is 9.77. The predicted molar refractivity (Wildman–Crippen MR) is 83.1 cm³/mol. The molecule has 1 aromatic carbocycles. The van der Waals surface area contributed by atoms with Crippen molar-refractivity contribution in [2.45, 2.75) is 58.0 Å². The topological polar surface area (TPSA) is 29.5 Å². The zero-order valence-corrected chi connectivity index (χ0v) is 12.8. The average Bonchev–Trinajstić information content (AvgIpc) is 2.48. The molecule has 112 valence electrons. The fraction of sp³-hybridized carbons (Fsp3) is 0.667. The lowest BCUT2D eigenvalue weighted by Crippen LogP contribution is -2.27. The van der Waals surface area contributed by atoms with Gasteiger partial charge in [-0.15, -0.1) is 0 Å². The normalized spacial score (nSPS) is 24.4. The number of hydrogen-bond acceptors (Lipinski definition) is 2. The first-order valence-corrected chi connectivity index (χ1v) is 8.04. The molecule has 2 heteroatoms. The van der Waals surface area contributed by atoms with E-state index in [1.54, 1.807) is 7.11 Å². The number of hydrogen-bond donors (Lipinski definition) is 1. The van der Waals surface area contributed by atoms with Crippen LogP contribution in [0.15, 0.2) is 24.3 Å². The van der Waals surface area contributed by atoms with Gasteiger partial charge in [0.05, 0.1) is 13.2 Å². The summed E-state index contributed by atoms with van der Waals surface area (Å²) < 4.78 is 5.24. The Morgan fingerprint density at radius 2 is 2.00 bits per heavy atom. The molecule has 1 saturated carbocycles. The molecule has 0 radical (unpaired) electrons. The van der Waals surface area contributed by atoms with E-state index in [-0.39, 0.29) is 6.10 Å². The molecule has 1 aromatic rings. The first kappa shape index (κ1) is 15.4. The summed E-state index contributed by atoms with van der Waals surface area (Å²) >= 11 is 0. The third kappa shape index (κ3) is 4.24. The average molecular weight is 276 g/mol. The van der Waals surface area contributed by atoms with Crippen LogP contribution in [0.4, 0.5) is 0 Å². The van der Waals surface area contributed by atoms with Crippen LogP contribution < -0.4 is 4.74 Å². The first-order valence-electron chi connectivity index (χ1n) is 8.04. The van der Waals surface area contributed by atoms with Crippen molar-refractivity contribution in [2.24, 2.45) is 11.8 Å². The molecule has 0 spiro atoms. The van der Waals surface area contributed by atoms with E-state index < -0.39 is 0 Å². The Kier molecular flexibility index (Phi) is 5.90. The Morgan fingerprint density at radius 1 is 1.25 bits per heavy atom. The van der Waals surface area contributed by atoms with Crippen LogP contribution in [0.2, 0.25) is 0 Å². The molecule has 0 amide bonds. The number of rotatable bonds is 6. The Hall–Kier alpha value is -1.02. The first-order chi connectivity index (χ1) is 9.72. The van der Waals surface area contributed by atoms with Gasteiger partial charge in [-0.05, 0) is 48.8 Å². The molecular formula is C18H28O2. The number of aliphatic hydroxyl groups excluding tert-OH is 1. The van der Waals surface area contributed by atoms with Gasteiger partial charge in [0.15, 0.2) is 0 Å². The molecule has 1 fully saturated rings. The van der Waals surface area contributed by atoms with E-state index in [1.165, 1.54) is 44.1 Å². The van der Waals surface area contributed by atoms with Crippen LogP contribution in [-0.4, -0.2) is 18.3 Å². The SMILES string of the molecule is CCCC1CCC(C(O)Cc2cccc(OC)c2)CC1. The molecule has 0 aromatic heterocycles. The van der Waals surface area contributed by atoms with Crippen LogP contribution in [0.3, 0.4) is 0 Å². The minimum Gasteiger partial charge on any atom is -0.497 e. The summed E-state index contributed by atoms with van der Waals surface area (Å²) in [5, 5.41) is 10.5. The Morgan fingerprint density at radius 3 is 2.65 bits per heavy atom. The van der Waals surface area contributed by atoms with Crippen LogP contribution in [0.25, 0.3) is 0 Å². The number of ether oxygens (including phenoxy) is 1. The van der Waals surface area contributed by atoms with Crippen LogP contribution in [0.5, 0.6) is 5.75 Å². The lowest BCUT2D eigenvalue weighted by molar-refractivity contribution is 0.0728. The third-order valence-corrected chi connectivity index (χ3v) is 4.71. The van der Waals surface area contributed by atoms with Crippen molar-refractivity contribution in [2.75, 3.05) is 7.11 Å². The van der Waals surface area contributed by atoms with E-state index >= 15 is 0 Å². The zero-order chi connectivity index (χ0) is 14.4. The number of benzene rings is 1. The van der Waals surface area contributed by atoms with Crippen molar-refractivity contribution in [1.29, 1.82) is 0 Å². The minimum absolute atomic E-state index is 0.204. The van der Waals surface area contributed by atoms with Gasteiger partial charge < -0.3 is 9.84 Å². The molecule has 0 saturated heterocycles. The molecule has 1 unspecified atom stereocenters. The van der Waals surface area contributed by atoms with Gasteiger partial charge in [0, 0.05) is 0 Å². The molecular weight excluding hydrogens is 248 g/mol. The van der Waals surface area contributed by atoms with Gasteiger partial charge in [0.25, 0.3) is 0 Å². The second-order valence-electron chi connectivity index (χ2n) is 6.19. The van der Waals surface area contributed by atoms with Gasteiger partial charge in [0.1, 0.15) is 5.75 Å². The third-order valence-electron chi connectivity index (χ3n) is 4.71. The van der Waals surface area contributed by atoms with Crippen molar-refractivity contribution in [3.8, 4) is 5.75 Å². The van der Waals surface area contributed by atoms with Gasteiger partial charge in [0.2, 0.25) is 0 Å². The van der Waals surface area contributed by atoms with Crippen LogP contribution in [0.1, 0.15) is 51.0 Å². The molecule has 0 heterocycles. The molecule has 2 rings (SSSR count). The smallest absolute Gasteiger partial charge is 0.119 e. The highest BCUT2D eigenvalue weighted by molar-refractivity contribution is 5.28. The second kappa shape index (κ2) is 7.68. The summed E-state index contributed by atoms with van der Waals surface area (Å²) in [5.41, 5.74) is 1.17. The van der Waals surface area contributed by atoms with Gasteiger partial charge in [-0.25, -0.2) is 0 Å². The Bertz CT molecular complexity index is 394. The fourth-order valence-corrected chi connectivity index (χ4v) is 3.48. The van der Waals surface area contributed by atoms with E-state index in [9.17, 15) is 5.11 Å². The summed E-state index contributed by atoms with van der Waals surface area (Å²) in [7, 11) is 1.69. The monoisotopic (exact) mass is 276 g/mol. The van der Waals surface area contributed by atoms with Crippen molar-refractivity contribution in [1.82, 2.24) is 0 Å². The molecule has 20 heavy (non-hydrogen) atoms. The highest BCUT2D eigenvalue weighted by Gasteiger charge is 2.26. The summed E-state index contributed by atoms with van der Waals surface area (Å²) in [6.07, 6.45) is 8.18. The van der Waals surface area contributed by atoms with Crippen LogP contribution in [-0.2, 0) is 6.42 Å². The van der Waals surface area contributed by atoms with E-state index in [4.69, 9.17) is 4.74 Å². The maximum Gasteiger partial charge on any atom is 0.119 e. The molecule has 1 aliphatic carbocycles. The summed E-state index contributed by atoms with van der Waals surface area (Å²) in [4.78, 5) is 0. The maximum absolute atomic E-state index is 10.5. The van der Waals surface area contributed by atoms with Crippen molar-refractivity contribution < 1.29 is 9.84 Å². The Labute approximate surface area is 123 Å². The number of methoxy groups -OCH3 is 1. The van der Waals surface area contributed by atoms with E-state index in [0.717, 1.165) is 18.1 Å². The maximum atomic E-state index is 10.5. The van der Waals surface area contributed by atoms with Crippen molar-refractivity contribution in [3.05, 3.63) is 29.8 Å². The Balaban J connectivity index is 1.84. The molecule has 2 nitrogen and oxygen atoms in total. The second-order valence-corrected chi connectivity index (χ2v) is 6.19. The van der Waals surface area contributed by atoms with Crippen molar-refractivity contribution >= 4 is 0 Å². The summed E-state index contributed by atoms with van der Waals surface area (Å²) in [6, 6.07) is 8.06. The van der Waals surface area contributed by atoms with Crippen molar-refractivity contribution in [3.63, 3.8) is 0 Å². The van der Waals surface area contributed by atoms with Gasteiger partial charge in [-0.1, -0.05) is 44.7 Å². The number of aliphatic hydroxyl groups is 1. The van der Waals surface area contributed by atoms with E-state index in [1.807, 2.05) is 18.2 Å². The lowest BCUT2D eigenvalue weighted by Gasteiger charge is -2.31. The zero-order valence-electron chi connectivity index (χ0n) is 12.8. The van der Waals surface area contributed by atoms with Gasteiger partial charge >= 0.3 is 0 Å². The molecule has 1 atom stereocenters. The standard InChI is InChI=1S/C18H28O2/c1-3-5-14-8-10-16(11-9-14)18(19)13-15-6-4-7-17(12-15)20-2/h4,6-7,12,14,16,18-19H,3,5,8-11,13H2,1-2H3. The molecule has 0 bridgehead atoms. The highest BCUT2D eigenvalue weighted by Crippen LogP contribution is 2.34. The summed E-state index contributed by atoms with van der Waals surface area (Å²) in [5.74, 6) is 2.26. The molecule has 1 N–H and O–H groups in total. The highest BCUT2D eigenvalue weighted by atomic mass is 16.5. The van der Waals surface area contributed by atoms with E-state index in [2.05, 4.69) is 13.0 Å².